The summed E-state index contributed by atoms with van der Waals surface area (Å²) in [4.78, 5) is 16.3. The minimum absolute atomic E-state index is 0.499. The van der Waals surface area contributed by atoms with E-state index < -0.39 is 0 Å². The molecule has 0 fully saturated rings. The Labute approximate surface area is 474 Å². The lowest BCUT2D eigenvalue weighted by Gasteiger charge is -2.13. The lowest BCUT2D eigenvalue weighted by Crippen LogP contribution is -2.06. The van der Waals surface area contributed by atoms with E-state index in [2.05, 4.69) is 221 Å². The Bertz CT molecular complexity index is 5580. The maximum atomic E-state index is 6.75. The van der Waals surface area contributed by atoms with Crippen LogP contribution in [-0.4, -0.2) is 24.1 Å². The van der Waals surface area contributed by atoms with Gasteiger partial charge >= 0.3 is 0 Å². The number of fused-ring (bicyclic) bond motifs is 15. The monoisotopic (exact) mass is 1060 g/mol. The van der Waals surface area contributed by atoms with Crippen LogP contribution in [0.4, 0.5) is 0 Å². The lowest BCUT2D eigenvalue weighted by atomic mass is 9.95. The molecule has 8 nitrogen and oxygen atoms in total. The molecule has 388 valence electrons. The van der Waals surface area contributed by atoms with Crippen molar-refractivity contribution in [3.05, 3.63) is 254 Å². The molecule has 6 heterocycles. The molecule has 0 radical (unpaired) electrons. The fourth-order valence-corrected chi connectivity index (χ4v) is 13.3. The van der Waals surface area contributed by atoms with Crippen LogP contribution < -0.4 is 0 Å². The van der Waals surface area contributed by atoms with Crippen molar-refractivity contribution in [3.63, 3.8) is 0 Å². The van der Waals surface area contributed by atoms with Crippen LogP contribution in [0, 0.1) is 0 Å². The maximum absolute atomic E-state index is 6.75. The summed E-state index contributed by atoms with van der Waals surface area (Å²) in [5.41, 5.74) is 20.1. The molecule has 1 aliphatic rings. The van der Waals surface area contributed by atoms with E-state index in [1.807, 2.05) is 36.4 Å². The van der Waals surface area contributed by atoms with Gasteiger partial charge < -0.3 is 17.8 Å². The van der Waals surface area contributed by atoms with Crippen LogP contribution in [0.25, 0.3) is 172 Å². The number of rotatable bonds is 7. The molecule has 0 N–H and O–H groups in total. The third-order valence-corrected chi connectivity index (χ3v) is 17.1. The van der Waals surface area contributed by atoms with Crippen molar-refractivity contribution < 1.29 is 13.3 Å². The van der Waals surface area contributed by atoms with Crippen molar-refractivity contribution in [2.75, 3.05) is 0 Å². The van der Waals surface area contributed by atoms with Gasteiger partial charge in [-0.3, -0.25) is 4.57 Å². The number of furan rings is 3. The summed E-state index contributed by atoms with van der Waals surface area (Å²) in [7, 11) is 0. The van der Waals surface area contributed by atoms with Gasteiger partial charge in [-0.1, -0.05) is 152 Å². The van der Waals surface area contributed by atoms with Gasteiger partial charge in [0, 0.05) is 76.5 Å². The van der Waals surface area contributed by atoms with Crippen molar-refractivity contribution in [2.45, 2.75) is 12.8 Å². The highest BCUT2D eigenvalue weighted by atomic mass is 16.3. The molecule has 0 atom stereocenters. The van der Waals surface area contributed by atoms with Gasteiger partial charge in [0.15, 0.2) is 11.6 Å². The summed E-state index contributed by atoms with van der Waals surface area (Å²) in [6.45, 7) is 0. The molecule has 0 saturated carbocycles. The second kappa shape index (κ2) is 17.7. The Hall–Kier alpha value is -11.1. The quantitative estimate of drug-likeness (QED) is 0.158. The van der Waals surface area contributed by atoms with Crippen LogP contribution in [-0.2, 0) is 6.42 Å². The molecular formula is C75H45N5O3. The molecule has 18 rings (SSSR count). The van der Waals surface area contributed by atoms with Gasteiger partial charge in [-0.2, -0.15) is 9.97 Å². The number of hydrogen-bond acceptors (Lipinski definition) is 6. The molecule has 0 bridgehead atoms. The van der Waals surface area contributed by atoms with Crippen molar-refractivity contribution in [1.82, 2.24) is 24.1 Å². The lowest BCUT2D eigenvalue weighted by molar-refractivity contribution is 0.668. The van der Waals surface area contributed by atoms with Gasteiger partial charge in [-0.15, -0.1) is 0 Å². The average molecular weight is 1060 g/mol. The highest BCUT2D eigenvalue weighted by Crippen LogP contribution is 2.44. The fourth-order valence-electron chi connectivity index (χ4n) is 13.3. The van der Waals surface area contributed by atoms with Crippen LogP contribution in [0.1, 0.15) is 17.7 Å². The summed E-state index contributed by atoms with van der Waals surface area (Å²) in [5.74, 6) is 1.53. The highest BCUT2D eigenvalue weighted by Gasteiger charge is 2.24. The number of benzene rings is 11. The zero-order chi connectivity index (χ0) is 54.3. The zero-order valence-electron chi connectivity index (χ0n) is 44.5. The predicted molar refractivity (Wildman–Crippen MR) is 337 cm³/mol. The number of aromatic nitrogens is 5. The predicted octanol–water partition coefficient (Wildman–Crippen LogP) is 19.9. The van der Waals surface area contributed by atoms with Gasteiger partial charge in [0.2, 0.25) is 5.95 Å². The van der Waals surface area contributed by atoms with Gasteiger partial charge in [0.25, 0.3) is 0 Å². The van der Waals surface area contributed by atoms with E-state index in [1.165, 1.54) is 27.8 Å². The zero-order valence-corrected chi connectivity index (χ0v) is 44.5. The van der Waals surface area contributed by atoms with Gasteiger partial charge in [-0.25, -0.2) is 4.98 Å². The van der Waals surface area contributed by atoms with E-state index in [1.54, 1.807) is 0 Å². The molecule has 0 spiro atoms. The molecule has 83 heavy (non-hydrogen) atoms. The molecule has 11 aromatic carbocycles. The molecule has 17 aromatic rings. The minimum atomic E-state index is 0.499. The standard InChI is InChI=1S/C75H45N5O3/c1-3-15-44(16-4-1)45-30-36-64-58(39-45)53-20-8-11-25-62(53)80(64)75-77-73(49-29-34-55-54-21-9-12-26-65(54)83-70(55)43-49)76-74(78-75)56-23-14-28-69-72(56)60-42-48(33-38-67(60)82-69)51-22-13-27-68-71(51)59-41-47(32-37-66(59)81-68)46-31-35-63-57(40-46)52-19-7-10-24-61(52)79(63)50-17-5-2-6-18-50/h1-9,11-23,25-43H,10,24H2. The molecule has 6 aromatic heterocycles. The first-order valence-electron chi connectivity index (χ1n) is 28.2. The smallest absolute Gasteiger partial charge is 0.238 e. The molecule has 0 unspecified atom stereocenters. The van der Waals surface area contributed by atoms with Crippen LogP contribution in [0.3, 0.4) is 0 Å². The Morgan fingerprint density at radius 2 is 0.880 bits per heavy atom. The van der Waals surface area contributed by atoms with Gasteiger partial charge in [-0.05, 0) is 143 Å². The molecule has 0 saturated heterocycles. The number of para-hydroxylation sites is 3. The first-order valence-corrected chi connectivity index (χ1v) is 28.2. The minimum Gasteiger partial charge on any atom is -0.456 e. The van der Waals surface area contributed by atoms with Crippen molar-refractivity contribution in [1.29, 1.82) is 0 Å². The van der Waals surface area contributed by atoms with Crippen LogP contribution in [0.5, 0.6) is 0 Å². The van der Waals surface area contributed by atoms with Crippen LogP contribution in [0.15, 0.2) is 256 Å². The largest absolute Gasteiger partial charge is 0.456 e. The van der Waals surface area contributed by atoms with Crippen LogP contribution >= 0.6 is 0 Å². The van der Waals surface area contributed by atoms with E-state index in [9.17, 15) is 0 Å². The molecule has 8 heteroatoms. The Kier molecular flexibility index (Phi) is 9.76. The van der Waals surface area contributed by atoms with E-state index >= 15 is 0 Å². The van der Waals surface area contributed by atoms with E-state index in [0.29, 0.717) is 17.6 Å². The van der Waals surface area contributed by atoms with E-state index in [-0.39, 0.29) is 0 Å². The number of hydrogen-bond donors (Lipinski definition) is 0. The Balaban J connectivity index is 0.807. The van der Waals surface area contributed by atoms with E-state index in [0.717, 1.165) is 145 Å². The maximum Gasteiger partial charge on any atom is 0.238 e. The molecular weight excluding hydrogens is 1020 g/mol. The third kappa shape index (κ3) is 7.03. The average Bonchev–Trinajstić information content (AvgIpc) is 3.14. The molecule has 0 amide bonds. The highest BCUT2D eigenvalue weighted by molar-refractivity contribution is 6.17. The topological polar surface area (TPSA) is 88.0 Å². The van der Waals surface area contributed by atoms with Crippen LogP contribution in [0.2, 0.25) is 0 Å². The van der Waals surface area contributed by atoms with Gasteiger partial charge in [0.05, 0.1) is 16.6 Å². The first-order chi connectivity index (χ1) is 41.1. The Morgan fingerprint density at radius 3 is 1.69 bits per heavy atom. The van der Waals surface area contributed by atoms with Crippen molar-refractivity contribution in [2.24, 2.45) is 0 Å². The van der Waals surface area contributed by atoms with E-state index in [4.69, 9.17) is 28.2 Å². The summed E-state index contributed by atoms with van der Waals surface area (Å²) in [6.07, 6.45) is 6.65. The normalized spacial score (nSPS) is 12.7. The fraction of sp³-hybridized carbons (Fsp3) is 0.0267. The SMILES string of the molecule is C1=Cc2c(n(-c3ccccc3)c3ccc(-c4ccc5oc6cccc(-c7ccc8oc9cccc(-c%10nc(-c%11ccc%12c(c%11)oc%11ccccc%11%12)nc(-n%11c%12ccccc%12c%12cc(-c%13ccccc%13)ccc%12%11)n%10)c9c8c7)c6c5c4)cc23)CC1. The summed E-state index contributed by atoms with van der Waals surface area (Å²) in [6, 6.07) is 83.3. The Morgan fingerprint density at radius 1 is 0.325 bits per heavy atom. The molecule has 1 aliphatic carbocycles. The second-order valence-electron chi connectivity index (χ2n) is 21.7. The molecule has 0 aliphatic heterocycles. The second-order valence-corrected chi connectivity index (χ2v) is 21.7. The number of allylic oxidation sites excluding steroid dienone is 1. The van der Waals surface area contributed by atoms with Gasteiger partial charge in [0.1, 0.15) is 33.5 Å². The first kappa shape index (κ1) is 45.7. The third-order valence-electron chi connectivity index (χ3n) is 17.1. The summed E-state index contributed by atoms with van der Waals surface area (Å²) < 4.78 is 24.5. The summed E-state index contributed by atoms with van der Waals surface area (Å²) in [5, 5.41) is 9.54. The van der Waals surface area contributed by atoms with Crippen molar-refractivity contribution in [3.8, 4) is 67.8 Å². The number of nitrogens with zero attached hydrogens (tertiary/aromatic N) is 5. The summed E-state index contributed by atoms with van der Waals surface area (Å²) >= 11 is 0. The van der Waals surface area contributed by atoms with Crippen molar-refractivity contribution >= 4 is 105 Å².